The van der Waals surface area contributed by atoms with E-state index in [1.54, 1.807) is 26.8 Å². The summed E-state index contributed by atoms with van der Waals surface area (Å²) in [5.41, 5.74) is -4.27. The first kappa shape index (κ1) is 26.2. The summed E-state index contributed by atoms with van der Waals surface area (Å²) < 4.78 is 0. The third-order valence-corrected chi connectivity index (χ3v) is 10.5. The molecule has 0 aromatic heterocycles. The van der Waals surface area contributed by atoms with Gasteiger partial charge in [0.25, 0.3) is 0 Å². The molecule has 194 valence electrons. The number of ketones is 1. The Hall–Kier alpha value is -0.830. The van der Waals surface area contributed by atoms with E-state index in [9.17, 15) is 35.4 Å². The zero-order chi connectivity index (χ0) is 25.5. The van der Waals surface area contributed by atoms with E-state index in [1.165, 1.54) is 0 Å². The molecule has 4 rings (SSSR count). The van der Waals surface area contributed by atoms with Gasteiger partial charge < -0.3 is 30.6 Å². The molecule has 0 heterocycles. The lowest BCUT2D eigenvalue weighted by atomic mass is 9.45. The Bertz CT molecular complexity index is 860. The van der Waals surface area contributed by atoms with Gasteiger partial charge in [0.2, 0.25) is 0 Å². The van der Waals surface area contributed by atoms with Gasteiger partial charge in [0.1, 0.15) is 0 Å². The second-order valence-electron chi connectivity index (χ2n) is 13.2. The zero-order valence-electron chi connectivity index (χ0n) is 21.3. The van der Waals surface area contributed by atoms with Crippen LogP contribution in [-0.2, 0) is 4.79 Å². The molecule has 6 N–H and O–H groups in total. The highest BCUT2D eigenvalue weighted by Crippen LogP contribution is 2.68. The molecule has 34 heavy (non-hydrogen) atoms. The summed E-state index contributed by atoms with van der Waals surface area (Å²) in [4.78, 5) is 13.2. The van der Waals surface area contributed by atoms with Crippen molar-refractivity contribution in [1.82, 2.24) is 0 Å². The highest BCUT2D eigenvalue weighted by molar-refractivity contribution is 5.95. The van der Waals surface area contributed by atoms with Gasteiger partial charge in [-0.3, -0.25) is 4.79 Å². The molecular formula is C27H44O7. The fraction of sp³-hybridized carbons (Fsp3) is 0.889. The number of fused-ring (bicyclic) bond motifs is 5. The van der Waals surface area contributed by atoms with E-state index in [0.29, 0.717) is 44.1 Å². The number of carbonyl (C=O) groups excluding carboxylic acids is 1. The molecule has 4 aliphatic rings. The predicted octanol–water partition coefficient (Wildman–Crippen LogP) is 1.85. The van der Waals surface area contributed by atoms with Gasteiger partial charge in [0.05, 0.1) is 35.1 Å². The summed E-state index contributed by atoms with van der Waals surface area (Å²) in [7, 11) is 0. The first-order valence-corrected chi connectivity index (χ1v) is 12.9. The lowest BCUT2D eigenvalue weighted by Gasteiger charge is -2.60. The van der Waals surface area contributed by atoms with Gasteiger partial charge in [0.15, 0.2) is 5.78 Å². The summed E-state index contributed by atoms with van der Waals surface area (Å²) in [5, 5.41) is 65.5. The molecule has 1 unspecified atom stereocenters. The Kier molecular flexibility index (Phi) is 6.24. The minimum absolute atomic E-state index is 0.0840. The van der Waals surface area contributed by atoms with Gasteiger partial charge >= 0.3 is 0 Å². The van der Waals surface area contributed by atoms with Crippen LogP contribution >= 0.6 is 0 Å². The van der Waals surface area contributed by atoms with Crippen molar-refractivity contribution in [2.75, 3.05) is 0 Å². The zero-order valence-corrected chi connectivity index (χ0v) is 21.3. The quantitative estimate of drug-likeness (QED) is 0.353. The van der Waals surface area contributed by atoms with Gasteiger partial charge in [-0.2, -0.15) is 0 Å². The summed E-state index contributed by atoms with van der Waals surface area (Å²) in [6, 6.07) is 0. The topological polar surface area (TPSA) is 138 Å². The number of aliphatic hydroxyl groups excluding tert-OH is 3. The van der Waals surface area contributed by atoms with Crippen molar-refractivity contribution < 1.29 is 35.4 Å². The number of rotatable bonds is 5. The third-order valence-electron chi connectivity index (χ3n) is 10.5. The maximum atomic E-state index is 13.2. The van der Waals surface area contributed by atoms with Gasteiger partial charge in [-0.1, -0.05) is 13.8 Å². The molecule has 4 aliphatic carbocycles. The van der Waals surface area contributed by atoms with Crippen molar-refractivity contribution in [2.24, 2.45) is 28.6 Å². The van der Waals surface area contributed by atoms with Crippen LogP contribution in [0.3, 0.4) is 0 Å². The Morgan fingerprint density at radius 2 is 1.71 bits per heavy atom. The first-order chi connectivity index (χ1) is 15.5. The average molecular weight is 481 g/mol. The maximum absolute atomic E-state index is 13.2. The molecule has 0 radical (unpaired) electrons. The highest BCUT2D eigenvalue weighted by atomic mass is 16.3. The van der Waals surface area contributed by atoms with Crippen molar-refractivity contribution >= 4 is 5.78 Å². The van der Waals surface area contributed by atoms with Crippen LogP contribution in [0.15, 0.2) is 11.6 Å². The van der Waals surface area contributed by atoms with Crippen LogP contribution in [0.4, 0.5) is 0 Å². The Morgan fingerprint density at radius 3 is 2.32 bits per heavy atom. The summed E-state index contributed by atoms with van der Waals surface area (Å²) in [5.74, 6) is -0.948. The van der Waals surface area contributed by atoms with Crippen LogP contribution < -0.4 is 0 Å². The lowest BCUT2D eigenvalue weighted by molar-refractivity contribution is -0.177. The molecule has 0 saturated heterocycles. The molecule has 3 saturated carbocycles. The molecular weight excluding hydrogens is 436 g/mol. The minimum atomic E-state index is -1.46. The van der Waals surface area contributed by atoms with Crippen LogP contribution in [0.5, 0.6) is 0 Å². The molecule has 7 heteroatoms. The SMILES string of the molecule is CC(C)(O)CC[C@@H](O)[C@](C)(O)C1CC[C@@]2(O)C3=CC(=O)[C@@H]4C[C@@H](O)[C@@H](O)C[C@]4(C)[C@H]3CC[C@]12C. The van der Waals surface area contributed by atoms with E-state index in [2.05, 4.69) is 0 Å². The molecule has 0 spiro atoms. The van der Waals surface area contributed by atoms with Crippen molar-refractivity contribution in [3.63, 3.8) is 0 Å². The van der Waals surface area contributed by atoms with E-state index < -0.39 is 45.9 Å². The fourth-order valence-corrected chi connectivity index (χ4v) is 8.32. The Labute approximate surface area is 202 Å². The minimum Gasteiger partial charge on any atom is -0.390 e. The van der Waals surface area contributed by atoms with Crippen LogP contribution in [0, 0.1) is 28.6 Å². The van der Waals surface area contributed by atoms with Crippen LogP contribution in [0.25, 0.3) is 0 Å². The molecule has 10 atom stereocenters. The second-order valence-corrected chi connectivity index (χ2v) is 13.2. The molecule has 0 aromatic carbocycles. The molecule has 0 amide bonds. The monoisotopic (exact) mass is 480 g/mol. The summed E-state index contributed by atoms with van der Waals surface area (Å²) in [6.07, 6.45) is 2.11. The summed E-state index contributed by atoms with van der Waals surface area (Å²) >= 11 is 0. The molecule has 0 aromatic rings. The Morgan fingerprint density at radius 1 is 1.06 bits per heavy atom. The molecule has 0 bridgehead atoms. The fourth-order valence-electron chi connectivity index (χ4n) is 8.32. The predicted molar refractivity (Wildman–Crippen MR) is 127 cm³/mol. The average Bonchev–Trinajstić information content (AvgIpc) is 3.00. The number of allylic oxidation sites excluding steroid dienone is 1. The Balaban J connectivity index is 1.66. The van der Waals surface area contributed by atoms with E-state index in [0.717, 1.165) is 0 Å². The van der Waals surface area contributed by atoms with Crippen LogP contribution in [0.2, 0.25) is 0 Å². The van der Waals surface area contributed by atoms with E-state index >= 15 is 0 Å². The van der Waals surface area contributed by atoms with E-state index in [1.807, 2.05) is 13.8 Å². The maximum Gasteiger partial charge on any atom is 0.159 e. The smallest absolute Gasteiger partial charge is 0.159 e. The summed E-state index contributed by atoms with van der Waals surface area (Å²) in [6.45, 7) is 8.96. The number of hydrogen-bond acceptors (Lipinski definition) is 7. The van der Waals surface area contributed by atoms with Gasteiger partial charge in [-0.15, -0.1) is 0 Å². The van der Waals surface area contributed by atoms with E-state index in [4.69, 9.17) is 0 Å². The van der Waals surface area contributed by atoms with Crippen molar-refractivity contribution in [3.8, 4) is 0 Å². The normalized spacial score (nSPS) is 47.2. The number of aliphatic hydroxyl groups is 6. The van der Waals surface area contributed by atoms with Crippen molar-refractivity contribution in [3.05, 3.63) is 11.6 Å². The van der Waals surface area contributed by atoms with Crippen LogP contribution in [-0.4, -0.2) is 71.5 Å². The van der Waals surface area contributed by atoms with Gasteiger partial charge in [-0.05, 0) is 101 Å². The van der Waals surface area contributed by atoms with Gasteiger partial charge in [-0.25, -0.2) is 0 Å². The lowest BCUT2D eigenvalue weighted by Crippen LogP contribution is -2.62. The second kappa shape index (κ2) is 8.09. The molecule has 7 nitrogen and oxygen atoms in total. The largest absolute Gasteiger partial charge is 0.390 e. The first-order valence-electron chi connectivity index (χ1n) is 12.9. The van der Waals surface area contributed by atoms with E-state index in [-0.39, 0.29) is 36.4 Å². The standard InChI is InChI=1S/C27H44O7/c1-23(2,32)9-8-22(31)26(5,33)21-7-11-27(34)16-12-18(28)17-13-19(29)20(30)14-24(17,3)15(16)6-10-25(21,27)4/h12,15,17,19-22,29-34H,6-11,13-14H2,1-5H3/t15-,17-,19+,20-,21?,22+,24+,25+,26+,27+/m0/s1. The van der Waals surface area contributed by atoms with Crippen LogP contribution in [0.1, 0.15) is 86.0 Å². The van der Waals surface area contributed by atoms with Crippen molar-refractivity contribution in [2.45, 2.75) is 121 Å². The number of hydrogen-bond donors (Lipinski definition) is 6. The molecule has 0 aliphatic heterocycles. The number of carbonyl (C=O) groups is 1. The third kappa shape index (κ3) is 3.73. The highest BCUT2D eigenvalue weighted by Gasteiger charge is 2.69. The van der Waals surface area contributed by atoms with Crippen molar-refractivity contribution in [1.29, 1.82) is 0 Å². The molecule has 3 fully saturated rings. The van der Waals surface area contributed by atoms with Gasteiger partial charge in [0, 0.05) is 11.3 Å².